The molecule has 0 aliphatic heterocycles. The fourth-order valence-electron chi connectivity index (χ4n) is 2.10. The van der Waals surface area contributed by atoms with E-state index in [2.05, 4.69) is 23.1 Å². The van der Waals surface area contributed by atoms with E-state index in [1.165, 1.54) is 0 Å². The largest absolute Gasteiger partial charge is 0.496 e. The molecule has 0 bridgehead atoms. The van der Waals surface area contributed by atoms with Gasteiger partial charge in [-0.1, -0.05) is 13.8 Å². The van der Waals surface area contributed by atoms with Gasteiger partial charge in [-0.05, 0) is 12.8 Å². The van der Waals surface area contributed by atoms with Crippen molar-refractivity contribution in [1.29, 1.82) is 0 Å². The van der Waals surface area contributed by atoms with Crippen LogP contribution in [0.3, 0.4) is 0 Å². The van der Waals surface area contributed by atoms with Crippen LogP contribution in [0.15, 0.2) is 12.1 Å². The number of ether oxygens (including phenoxy) is 3. The van der Waals surface area contributed by atoms with Crippen LogP contribution < -0.4 is 14.2 Å². The number of methoxy groups -OCH3 is 3. The summed E-state index contributed by atoms with van der Waals surface area (Å²) in [7, 11) is 7.93. The Balaban J connectivity index is 3.48. The summed E-state index contributed by atoms with van der Waals surface area (Å²) in [5, 5.41) is -0.0387. The molecule has 0 N–H and O–H groups in total. The summed E-state index contributed by atoms with van der Waals surface area (Å²) in [5.41, 5.74) is 1.09. The molecule has 1 rings (SSSR count). The Labute approximate surface area is 112 Å². The van der Waals surface area contributed by atoms with Gasteiger partial charge in [0.05, 0.1) is 21.3 Å². The predicted molar refractivity (Wildman–Crippen MR) is 78.1 cm³/mol. The van der Waals surface area contributed by atoms with E-state index in [0.29, 0.717) is 0 Å². The summed E-state index contributed by atoms with van der Waals surface area (Å²) >= 11 is 0. The maximum absolute atomic E-state index is 5.51. The number of rotatable bonds is 6. The molecule has 0 aromatic heterocycles. The Kier molecular flexibility index (Phi) is 5.28. The van der Waals surface area contributed by atoms with Crippen molar-refractivity contribution in [2.75, 3.05) is 21.3 Å². The molecule has 0 spiro atoms. The third-order valence-electron chi connectivity index (χ3n) is 3.47. The zero-order chi connectivity index (χ0) is 13.8. The minimum absolute atomic E-state index is 0.0387. The van der Waals surface area contributed by atoms with Crippen LogP contribution in [-0.4, -0.2) is 21.3 Å². The average Bonchev–Trinajstić information content (AvgIpc) is 2.44. The summed E-state index contributed by atoms with van der Waals surface area (Å²) in [6.07, 6.45) is 1.99. The Morgan fingerprint density at radius 1 is 0.944 bits per heavy atom. The van der Waals surface area contributed by atoms with Gasteiger partial charge in [-0.25, -0.2) is 0 Å². The lowest BCUT2D eigenvalue weighted by atomic mass is 9.90. The molecule has 0 radical (unpaired) electrons. The molecule has 4 heteroatoms. The quantitative estimate of drug-likeness (QED) is 0.739. The van der Waals surface area contributed by atoms with Gasteiger partial charge in [0.25, 0.3) is 0 Å². The van der Waals surface area contributed by atoms with Crippen LogP contribution in [0.1, 0.15) is 32.3 Å². The van der Waals surface area contributed by atoms with Crippen molar-refractivity contribution in [3.8, 4) is 17.2 Å². The van der Waals surface area contributed by atoms with Crippen LogP contribution in [-0.2, 0) is 5.16 Å². The van der Waals surface area contributed by atoms with E-state index in [9.17, 15) is 0 Å². The third-order valence-corrected chi connectivity index (χ3v) is 4.58. The average molecular weight is 270 g/mol. The lowest BCUT2D eigenvalue weighted by Gasteiger charge is -2.30. The molecular weight excluding hydrogens is 247 g/mol. The summed E-state index contributed by atoms with van der Waals surface area (Å²) in [4.78, 5) is 0. The highest BCUT2D eigenvalue weighted by Gasteiger charge is 2.30. The summed E-state index contributed by atoms with van der Waals surface area (Å²) in [6, 6.07) is 3.81. The highest BCUT2D eigenvalue weighted by Crippen LogP contribution is 2.49. The lowest BCUT2D eigenvalue weighted by molar-refractivity contribution is 0.357. The molecule has 0 amide bonds. The van der Waals surface area contributed by atoms with Crippen molar-refractivity contribution in [3.63, 3.8) is 0 Å². The first-order valence-electron chi connectivity index (χ1n) is 6.15. The monoisotopic (exact) mass is 270 g/mol. The maximum Gasteiger partial charge on any atom is 0.130 e. The molecule has 0 aliphatic carbocycles. The summed E-state index contributed by atoms with van der Waals surface area (Å²) < 4.78 is 16.3. The topological polar surface area (TPSA) is 27.7 Å². The SMILES string of the molecule is CCC(P)(CC)c1c(OC)cc(OC)cc1OC. The van der Waals surface area contributed by atoms with Gasteiger partial charge >= 0.3 is 0 Å². The Hall–Kier alpha value is -0.950. The number of benzene rings is 1. The standard InChI is InChI=1S/C14H23O3P/c1-6-14(18,7-2)13-11(16-4)8-10(15-3)9-12(13)17-5/h8-9H,6-7,18H2,1-5H3. The van der Waals surface area contributed by atoms with Crippen molar-refractivity contribution >= 4 is 9.24 Å². The van der Waals surface area contributed by atoms with Crippen molar-refractivity contribution in [1.82, 2.24) is 0 Å². The Morgan fingerprint density at radius 3 is 1.67 bits per heavy atom. The van der Waals surface area contributed by atoms with Gasteiger partial charge in [-0.3, -0.25) is 0 Å². The molecule has 3 nitrogen and oxygen atoms in total. The van der Waals surface area contributed by atoms with Crippen LogP contribution in [0.4, 0.5) is 0 Å². The van der Waals surface area contributed by atoms with Gasteiger partial charge in [0.1, 0.15) is 17.2 Å². The van der Waals surface area contributed by atoms with Crippen molar-refractivity contribution in [3.05, 3.63) is 17.7 Å². The molecule has 0 saturated carbocycles. The van der Waals surface area contributed by atoms with E-state index in [1.54, 1.807) is 21.3 Å². The molecule has 1 unspecified atom stereocenters. The van der Waals surface area contributed by atoms with E-state index in [1.807, 2.05) is 12.1 Å². The van der Waals surface area contributed by atoms with Crippen molar-refractivity contribution in [2.24, 2.45) is 0 Å². The highest BCUT2D eigenvalue weighted by molar-refractivity contribution is 7.18. The fourth-order valence-corrected chi connectivity index (χ4v) is 2.38. The van der Waals surface area contributed by atoms with Gasteiger partial charge in [-0.2, -0.15) is 0 Å². The zero-order valence-corrected chi connectivity index (χ0v) is 13.0. The molecule has 0 fully saturated rings. The van der Waals surface area contributed by atoms with Gasteiger partial charge < -0.3 is 14.2 Å². The molecule has 0 heterocycles. The number of hydrogen-bond donors (Lipinski definition) is 0. The first-order chi connectivity index (χ1) is 8.56. The maximum atomic E-state index is 5.51. The van der Waals surface area contributed by atoms with Crippen LogP contribution in [0.5, 0.6) is 17.2 Å². The number of hydrogen-bond acceptors (Lipinski definition) is 3. The Morgan fingerprint density at radius 2 is 1.39 bits per heavy atom. The minimum Gasteiger partial charge on any atom is -0.496 e. The fraction of sp³-hybridized carbons (Fsp3) is 0.571. The molecule has 1 atom stereocenters. The van der Waals surface area contributed by atoms with Gasteiger partial charge in [0.15, 0.2) is 0 Å². The minimum atomic E-state index is -0.0387. The van der Waals surface area contributed by atoms with Crippen LogP contribution in [0, 0.1) is 0 Å². The predicted octanol–water partition coefficient (Wildman–Crippen LogP) is 3.60. The second kappa shape index (κ2) is 6.29. The molecule has 1 aromatic rings. The summed E-state index contributed by atoms with van der Waals surface area (Å²) in [6.45, 7) is 4.33. The van der Waals surface area contributed by atoms with E-state index in [-0.39, 0.29) is 5.16 Å². The first-order valence-corrected chi connectivity index (χ1v) is 6.73. The zero-order valence-electron chi connectivity index (χ0n) is 11.9. The van der Waals surface area contributed by atoms with Crippen LogP contribution in [0.25, 0.3) is 0 Å². The summed E-state index contributed by atoms with van der Waals surface area (Å²) in [5.74, 6) is 2.36. The lowest BCUT2D eigenvalue weighted by Crippen LogP contribution is -2.18. The second-order valence-corrected chi connectivity index (χ2v) is 5.38. The normalized spacial score (nSPS) is 11.2. The molecule has 102 valence electrons. The molecule has 18 heavy (non-hydrogen) atoms. The van der Waals surface area contributed by atoms with Gasteiger partial charge in [-0.15, -0.1) is 9.24 Å². The van der Waals surface area contributed by atoms with Gasteiger partial charge in [0, 0.05) is 22.9 Å². The van der Waals surface area contributed by atoms with Gasteiger partial charge in [0.2, 0.25) is 0 Å². The Bertz CT molecular complexity index is 375. The molecule has 0 saturated heterocycles. The molecule has 1 aromatic carbocycles. The second-order valence-electron chi connectivity index (χ2n) is 4.27. The van der Waals surface area contributed by atoms with E-state index < -0.39 is 0 Å². The first kappa shape index (κ1) is 15.1. The smallest absolute Gasteiger partial charge is 0.130 e. The van der Waals surface area contributed by atoms with E-state index in [0.717, 1.165) is 35.7 Å². The van der Waals surface area contributed by atoms with E-state index >= 15 is 0 Å². The molecule has 0 aliphatic rings. The molecular formula is C14H23O3P. The third kappa shape index (κ3) is 2.72. The highest BCUT2D eigenvalue weighted by atomic mass is 31.0. The van der Waals surface area contributed by atoms with Crippen molar-refractivity contribution in [2.45, 2.75) is 31.8 Å². The van der Waals surface area contributed by atoms with E-state index in [4.69, 9.17) is 14.2 Å². The van der Waals surface area contributed by atoms with Crippen LogP contribution in [0.2, 0.25) is 0 Å². The van der Waals surface area contributed by atoms with Crippen molar-refractivity contribution < 1.29 is 14.2 Å². The van der Waals surface area contributed by atoms with Crippen LogP contribution >= 0.6 is 9.24 Å².